The molecular formula is C15H26N2O2. The Bertz CT molecular complexity index is 341. The third-order valence-electron chi connectivity index (χ3n) is 3.22. The molecule has 1 rings (SSSR count). The number of rotatable bonds is 9. The second kappa shape index (κ2) is 8.91. The van der Waals surface area contributed by atoms with Gasteiger partial charge in [-0.25, -0.2) is 0 Å². The molecule has 0 amide bonds. The lowest BCUT2D eigenvalue weighted by Gasteiger charge is -2.26. The van der Waals surface area contributed by atoms with Gasteiger partial charge in [-0.15, -0.1) is 0 Å². The Morgan fingerprint density at radius 2 is 1.84 bits per heavy atom. The number of benzene rings is 1. The molecule has 0 fully saturated rings. The molecular weight excluding hydrogens is 240 g/mol. The average Bonchev–Trinajstić information content (AvgIpc) is 2.44. The molecule has 0 spiro atoms. The Balaban J connectivity index is 2.46. The molecule has 0 bridgehead atoms. The summed E-state index contributed by atoms with van der Waals surface area (Å²) in [5.74, 6) is 0. The van der Waals surface area contributed by atoms with Gasteiger partial charge in [0.2, 0.25) is 0 Å². The van der Waals surface area contributed by atoms with E-state index in [2.05, 4.69) is 48.5 Å². The summed E-state index contributed by atoms with van der Waals surface area (Å²) < 4.78 is 10.2. The first-order valence-corrected chi connectivity index (χ1v) is 6.69. The predicted molar refractivity (Wildman–Crippen MR) is 79.8 cm³/mol. The lowest BCUT2D eigenvalue weighted by Crippen LogP contribution is -2.32. The van der Waals surface area contributed by atoms with Crippen LogP contribution < -0.4 is 10.2 Å². The molecule has 0 saturated carbocycles. The SMILES string of the molecule is COCCNCc1ccc(N(C)C(C)COC)cc1. The fraction of sp³-hybridized carbons (Fsp3) is 0.600. The quantitative estimate of drug-likeness (QED) is 0.692. The summed E-state index contributed by atoms with van der Waals surface area (Å²) in [6, 6.07) is 8.99. The summed E-state index contributed by atoms with van der Waals surface area (Å²) >= 11 is 0. The highest BCUT2D eigenvalue weighted by atomic mass is 16.5. The molecule has 0 radical (unpaired) electrons. The first-order chi connectivity index (χ1) is 9.19. The number of nitrogens with zero attached hydrogens (tertiary/aromatic N) is 1. The van der Waals surface area contributed by atoms with Gasteiger partial charge in [-0.2, -0.15) is 0 Å². The Hall–Kier alpha value is -1.10. The summed E-state index contributed by atoms with van der Waals surface area (Å²) in [5, 5.41) is 3.34. The van der Waals surface area contributed by atoms with Crippen LogP contribution in [0.2, 0.25) is 0 Å². The normalized spacial score (nSPS) is 12.4. The van der Waals surface area contributed by atoms with Crippen LogP contribution in [-0.2, 0) is 16.0 Å². The van der Waals surface area contributed by atoms with Crippen LogP contribution >= 0.6 is 0 Å². The highest BCUT2D eigenvalue weighted by molar-refractivity contribution is 5.47. The molecule has 108 valence electrons. The van der Waals surface area contributed by atoms with Crippen molar-refractivity contribution >= 4 is 5.69 Å². The number of ether oxygens (including phenoxy) is 2. The number of anilines is 1. The first-order valence-electron chi connectivity index (χ1n) is 6.69. The fourth-order valence-corrected chi connectivity index (χ4v) is 1.86. The van der Waals surface area contributed by atoms with E-state index in [9.17, 15) is 0 Å². The van der Waals surface area contributed by atoms with Crippen LogP contribution in [0.3, 0.4) is 0 Å². The van der Waals surface area contributed by atoms with E-state index >= 15 is 0 Å². The van der Waals surface area contributed by atoms with Crippen molar-refractivity contribution in [1.29, 1.82) is 0 Å². The van der Waals surface area contributed by atoms with Gasteiger partial charge in [0.1, 0.15) is 0 Å². The zero-order valence-electron chi connectivity index (χ0n) is 12.5. The van der Waals surface area contributed by atoms with Gasteiger partial charge in [0.05, 0.1) is 13.2 Å². The topological polar surface area (TPSA) is 33.7 Å². The van der Waals surface area contributed by atoms with Gasteiger partial charge in [-0.1, -0.05) is 12.1 Å². The molecule has 4 heteroatoms. The van der Waals surface area contributed by atoms with E-state index in [1.165, 1.54) is 11.3 Å². The van der Waals surface area contributed by atoms with Crippen LogP contribution in [0, 0.1) is 0 Å². The van der Waals surface area contributed by atoms with Crippen molar-refractivity contribution in [1.82, 2.24) is 5.32 Å². The van der Waals surface area contributed by atoms with E-state index in [4.69, 9.17) is 9.47 Å². The van der Waals surface area contributed by atoms with Crippen molar-refractivity contribution in [2.45, 2.75) is 19.5 Å². The van der Waals surface area contributed by atoms with Crippen molar-refractivity contribution < 1.29 is 9.47 Å². The zero-order valence-corrected chi connectivity index (χ0v) is 12.5. The standard InChI is InChI=1S/C15H26N2O2/c1-13(12-19-4)17(2)15-7-5-14(6-8-15)11-16-9-10-18-3/h5-8,13,16H,9-12H2,1-4H3. The summed E-state index contributed by atoms with van der Waals surface area (Å²) in [7, 11) is 5.54. The number of likely N-dealkylation sites (N-methyl/N-ethyl adjacent to an activating group) is 1. The maximum atomic E-state index is 5.18. The maximum absolute atomic E-state index is 5.18. The first kappa shape index (κ1) is 16.0. The highest BCUT2D eigenvalue weighted by Gasteiger charge is 2.09. The molecule has 0 aliphatic carbocycles. The van der Waals surface area contributed by atoms with Gasteiger partial charge >= 0.3 is 0 Å². The fourth-order valence-electron chi connectivity index (χ4n) is 1.86. The number of hydrogen-bond acceptors (Lipinski definition) is 4. The van der Waals surface area contributed by atoms with Crippen LogP contribution in [0.1, 0.15) is 12.5 Å². The summed E-state index contributed by atoms with van der Waals surface area (Å²) in [6.07, 6.45) is 0. The highest BCUT2D eigenvalue weighted by Crippen LogP contribution is 2.16. The molecule has 4 nitrogen and oxygen atoms in total. The van der Waals surface area contributed by atoms with Crippen LogP contribution in [0.25, 0.3) is 0 Å². The van der Waals surface area contributed by atoms with Gasteiger partial charge in [-0.05, 0) is 24.6 Å². The van der Waals surface area contributed by atoms with E-state index < -0.39 is 0 Å². The van der Waals surface area contributed by atoms with Crippen LogP contribution in [0.4, 0.5) is 5.69 Å². The molecule has 1 aromatic rings. The lowest BCUT2D eigenvalue weighted by atomic mass is 10.1. The Kier molecular flexibility index (Phi) is 7.48. The maximum Gasteiger partial charge on any atom is 0.0663 e. The van der Waals surface area contributed by atoms with E-state index in [0.29, 0.717) is 6.04 Å². The average molecular weight is 266 g/mol. The number of hydrogen-bond donors (Lipinski definition) is 1. The van der Waals surface area contributed by atoms with Crippen LogP contribution in [-0.4, -0.2) is 47.1 Å². The van der Waals surface area contributed by atoms with E-state index in [0.717, 1.165) is 26.3 Å². The molecule has 0 aromatic heterocycles. The van der Waals surface area contributed by atoms with Gasteiger partial charge in [0.15, 0.2) is 0 Å². The second-order valence-electron chi connectivity index (χ2n) is 4.75. The largest absolute Gasteiger partial charge is 0.383 e. The lowest BCUT2D eigenvalue weighted by molar-refractivity contribution is 0.183. The van der Waals surface area contributed by atoms with Gasteiger partial charge < -0.3 is 19.7 Å². The minimum atomic E-state index is 0.371. The summed E-state index contributed by atoms with van der Waals surface area (Å²) in [5.41, 5.74) is 2.50. The number of methoxy groups -OCH3 is 2. The molecule has 0 aliphatic rings. The third kappa shape index (κ3) is 5.59. The molecule has 1 N–H and O–H groups in total. The van der Waals surface area contributed by atoms with Crippen molar-refractivity contribution in [2.75, 3.05) is 45.9 Å². The molecule has 0 saturated heterocycles. The Morgan fingerprint density at radius 3 is 2.42 bits per heavy atom. The molecule has 1 unspecified atom stereocenters. The molecule has 0 heterocycles. The van der Waals surface area contributed by atoms with E-state index in [1.54, 1.807) is 14.2 Å². The zero-order chi connectivity index (χ0) is 14.1. The van der Waals surface area contributed by atoms with Crippen molar-refractivity contribution in [3.05, 3.63) is 29.8 Å². The third-order valence-corrected chi connectivity index (χ3v) is 3.22. The van der Waals surface area contributed by atoms with E-state index in [-0.39, 0.29) is 0 Å². The monoisotopic (exact) mass is 266 g/mol. The minimum Gasteiger partial charge on any atom is -0.383 e. The molecule has 1 atom stereocenters. The van der Waals surface area contributed by atoms with Crippen LogP contribution in [0.15, 0.2) is 24.3 Å². The molecule has 1 aromatic carbocycles. The summed E-state index contributed by atoms with van der Waals surface area (Å²) in [6.45, 7) is 5.39. The Morgan fingerprint density at radius 1 is 1.16 bits per heavy atom. The number of nitrogens with one attached hydrogen (secondary N) is 1. The van der Waals surface area contributed by atoms with Crippen LogP contribution in [0.5, 0.6) is 0 Å². The smallest absolute Gasteiger partial charge is 0.0663 e. The van der Waals surface area contributed by atoms with Crippen molar-refractivity contribution in [2.24, 2.45) is 0 Å². The van der Waals surface area contributed by atoms with Crippen molar-refractivity contribution in [3.63, 3.8) is 0 Å². The molecule has 0 aliphatic heterocycles. The Labute approximate surface area is 116 Å². The summed E-state index contributed by atoms with van der Waals surface area (Å²) in [4.78, 5) is 2.23. The molecule has 19 heavy (non-hydrogen) atoms. The van der Waals surface area contributed by atoms with Gasteiger partial charge in [0, 0.05) is 46.1 Å². The van der Waals surface area contributed by atoms with Gasteiger partial charge in [-0.3, -0.25) is 0 Å². The second-order valence-corrected chi connectivity index (χ2v) is 4.75. The van der Waals surface area contributed by atoms with Crippen molar-refractivity contribution in [3.8, 4) is 0 Å². The van der Waals surface area contributed by atoms with E-state index in [1.807, 2.05) is 0 Å². The van der Waals surface area contributed by atoms with Gasteiger partial charge in [0.25, 0.3) is 0 Å². The predicted octanol–water partition coefficient (Wildman–Crippen LogP) is 1.89. The minimum absolute atomic E-state index is 0.371.